The number of rotatable bonds is 6. The maximum Gasteiger partial charge on any atom is 0.113 e. The van der Waals surface area contributed by atoms with Gasteiger partial charge in [-0.25, -0.2) is 0 Å². The molecule has 0 saturated carbocycles. The van der Waals surface area contributed by atoms with E-state index in [1.165, 1.54) is 6.26 Å². The zero-order valence-corrected chi connectivity index (χ0v) is 6.67. The van der Waals surface area contributed by atoms with Crippen molar-refractivity contribution in [1.29, 1.82) is 0 Å². The number of hydrogen-bond donors (Lipinski definition) is 0. The van der Waals surface area contributed by atoms with E-state index in [4.69, 9.17) is 9.47 Å². The molecule has 0 aliphatic rings. The molecule has 10 heavy (non-hydrogen) atoms. The van der Waals surface area contributed by atoms with Crippen LogP contribution in [-0.2, 0) is 9.47 Å². The molecule has 1 unspecified atom stereocenters. The van der Waals surface area contributed by atoms with E-state index in [0.29, 0.717) is 13.2 Å². The van der Waals surface area contributed by atoms with Crippen LogP contribution >= 0.6 is 0 Å². The van der Waals surface area contributed by atoms with Crippen LogP contribution in [0, 0.1) is 6.42 Å². The van der Waals surface area contributed by atoms with Crippen molar-refractivity contribution >= 4 is 0 Å². The molecule has 2 heteroatoms. The summed E-state index contributed by atoms with van der Waals surface area (Å²) in [5.74, 6) is 0. The van der Waals surface area contributed by atoms with E-state index in [1.54, 1.807) is 0 Å². The topological polar surface area (TPSA) is 18.5 Å². The zero-order chi connectivity index (χ0) is 7.82. The molecule has 0 fully saturated rings. The van der Waals surface area contributed by atoms with Gasteiger partial charge >= 0.3 is 0 Å². The second-order valence-corrected chi connectivity index (χ2v) is 2.05. The first kappa shape index (κ1) is 9.50. The third kappa shape index (κ3) is 5.63. The van der Waals surface area contributed by atoms with Gasteiger partial charge in [0.05, 0.1) is 12.4 Å². The van der Waals surface area contributed by atoms with Gasteiger partial charge in [-0.2, -0.15) is 0 Å². The average Bonchev–Trinajstić information content (AvgIpc) is 1.97. The van der Waals surface area contributed by atoms with E-state index in [9.17, 15) is 0 Å². The summed E-state index contributed by atoms with van der Waals surface area (Å²) >= 11 is 0. The van der Waals surface area contributed by atoms with Crippen LogP contribution in [0.2, 0.25) is 0 Å². The van der Waals surface area contributed by atoms with E-state index < -0.39 is 0 Å². The molecule has 0 saturated heterocycles. The molecule has 0 aliphatic heterocycles. The highest BCUT2D eigenvalue weighted by atomic mass is 16.5. The Hall–Kier alpha value is -0.500. The third-order valence-corrected chi connectivity index (χ3v) is 0.996. The lowest BCUT2D eigenvalue weighted by Gasteiger charge is -2.10. The molecule has 0 aromatic carbocycles. The van der Waals surface area contributed by atoms with Crippen LogP contribution in [-0.4, -0.2) is 19.3 Å². The highest BCUT2D eigenvalue weighted by Gasteiger charge is 1.98. The predicted octanol–water partition coefficient (Wildman–Crippen LogP) is 1.78. The smallest absolute Gasteiger partial charge is 0.113 e. The minimum atomic E-state index is 0.147. The van der Waals surface area contributed by atoms with Crippen molar-refractivity contribution < 1.29 is 9.47 Å². The van der Waals surface area contributed by atoms with Gasteiger partial charge in [-0.1, -0.05) is 13.5 Å². The van der Waals surface area contributed by atoms with Gasteiger partial charge in [0, 0.05) is 6.61 Å². The Bertz CT molecular complexity index is 81.3. The third-order valence-electron chi connectivity index (χ3n) is 0.996. The van der Waals surface area contributed by atoms with Gasteiger partial charge in [0.1, 0.15) is 6.61 Å². The minimum absolute atomic E-state index is 0.147. The summed E-state index contributed by atoms with van der Waals surface area (Å²) in [5, 5.41) is 0. The molecule has 2 nitrogen and oxygen atoms in total. The van der Waals surface area contributed by atoms with Crippen molar-refractivity contribution in [1.82, 2.24) is 0 Å². The van der Waals surface area contributed by atoms with Crippen LogP contribution in [0.25, 0.3) is 0 Å². The van der Waals surface area contributed by atoms with Gasteiger partial charge in [0.15, 0.2) is 0 Å². The molecule has 1 atom stereocenters. The van der Waals surface area contributed by atoms with E-state index in [-0.39, 0.29) is 6.10 Å². The number of ether oxygens (including phenoxy) is 2. The van der Waals surface area contributed by atoms with Crippen LogP contribution in [0.3, 0.4) is 0 Å². The normalized spacial score (nSPS) is 12.6. The second kappa shape index (κ2) is 6.62. The Morgan fingerprint density at radius 2 is 2.30 bits per heavy atom. The van der Waals surface area contributed by atoms with Gasteiger partial charge in [0.2, 0.25) is 0 Å². The van der Waals surface area contributed by atoms with Gasteiger partial charge in [-0.05, 0) is 13.3 Å². The summed E-state index contributed by atoms with van der Waals surface area (Å²) < 4.78 is 10.2. The summed E-state index contributed by atoms with van der Waals surface area (Å²) in [6, 6.07) is 0. The fourth-order valence-corrected chi connectivity index (χ4v) is 0.512. The lowest BCUT2D eigenvalue weighted by molar-refractivity contribution is 0.0310. The highest BCUT2D eigenvalue weighted by Crippen LogP contribution is 1.92. The fourth-order valence-electron chi connectivity index (χ4n) is 0.512. The predicted molar refractivity (Wildman–Crippen MR) is 41.5 cm³/mol. The Balaban J connectivity index is 3.07. The molecule has 0 amide bonds. The van der Waals surface area contributed by atoms with Crippen molar-refractivity contribution in [2.24, 2.45) is 0 Å². The van der Waals surface area contributed by atoms with Crippen molar-refractivity contribution in [2.75, 3.05) is 13.2 Å². The Morgan fingerprint density at radius 1 is 1.60 bits per heavy atom. The van der Waals surface area contributed by atoms with Crippen molar-refractivity contribution in [3.05, 3.63) is 19.3 Å². The monoisotopic (exact) mass is 143 g/mol. The average molecular weight is 143 g/mol. The first-order valence-electron chi connectivity index (χ1n) is 3.43. The molecule has 1 radical (unpaired) electrons. The summed E-state index contributed by atoms with van der Waals surface area (Å²) in [5.41, 5.74) is 0. The molecular weight excluding hydrogens is 128 g/mol. The largest absolute Gasteiger partial charge is 0.499 e. The molecular formula is C8H15O2. The quantitative estimate of drug-likeness (QED) is 0.528. The summed E-state index contributed by atoms with van der Waals surface area (Å²) in [4.78, 5) is 0. The first-order chi connectivity index (χ1) is 4.81. The minimum Gasteiger partial charge on any atom is -0.499 e. The Kier molecular flexibility index (Phi) is 6.29. The maximum atomic E-state index is 5.26. The van der Waals surface area contributed by atoms with E-state index in [0.717, 1.165) is 0 Å². The highest BCUT2D eigenvalue weighted by molar-refractivity contribution is 4.57. The molecule has 0 aliphatic carbocycles. The fraction of sp³-hybridized carbons (Fsp3) is 0.625. The van der Waals surface area contributed by atoms with Gasteiger partial charge in [-0.3, -0.25) is 0 Å². The summed E-state index contributed by atoms with van der Waals surface area (Å²) in [6.07, 6.45) is 3.54. The molecule has 0 aromatic heterocycles. The van der Waals surface area contributed by atoms with E-state index in [1.807, 2.05) is 20.3 Å². The van der Waals surface area contributed by atoms with Gasteiger partial charge in [0.25, 0.3) is 0 Å². The molecule has 0 rings (SSSR count). The standard InChI is InChI=1S/C8H15O2/c1-4-6-10-8(3)7-9-5-2/h4-5,8H,2,6-7H2,1,3H3. The SMILES string of the molecule is C=COCC(C)OC[CH]C. The van der Waals surface area contributed by atoms with Gasteiger partial charge in [-0.15, -0.1) is 0 Å². The zero-order valence-electron chi connectivity index (χ0n) is 6.67. The van der Waals surface area contributed by atoms with E-state index in [2.05, 4.69) is 6.58 Å². The molecule has 59 valence electrons. The van der Waals surface area contributed by atoms with Crippen LogP contribution in [0.5, 0.6) is 0 Å². The second-order valence-electron chi connectivity index (χ2n) is 2.05. The molecule has 0 bridgehead atoms. The summed E-state index contributed by atoms with van der Waals surface area (Å²) in [7, 11) is 0. The van der Waals surface area contributed by atoms with Crippen LogP contribution in [0.4, 0.5) is 0 Å². The molecule has 0 spiro atoms. The van der Waals surface area contributed by atoms with Crippen molar-refractivity contribution in [3.63, 3.8) is 0 Å². The Labute approximate surface area is 62.8 Å². The van der Waals surface area contributed by atoms with Gasteiger partial charge < -0.3 is 9.47 Å². The van der Waals surface area contributed by atoms with Crippen molar-refractivity contribution in [2.45, 2.75) is 20.0 Å². The van der Waals surface area contributed by atoms with Crippen LogP contribution in [0.15, 0.2) is 12.8 Å². The lowest BCUT2D eigenvalue weighted by atomic mass is 10.4. The molecule has 0 N–H and O–H groups in total. The Morgan fingerprint density at radius 3 is 2.80 bits per heavy atom. The number of hydrogen-bond acceptors (Lipinski definition) is 2. The molecule has 0 aromatic rings. The van der Waals surface area contributed by atoms with Crippen LogP contribution < -0.4 is 0 Å². The lowest BCUT2D eigenvalue weighted by Crippen LogP contribution is -2.14. The van der Waals surface area contributed by atoms with E-state index >= 15 is 0 Å². The summed E-state index contributed by atoms with van der Waals surface area (Å²) in [6.45, 7) is 8.61. The first-order valence-corrected chi connectivity index (χ1v) is 3.43. The van der Waals surface area contributed by atoms with Crippen molar-refractivity contribution in [3.8, 4) is 0 Å². The maximum absolute atomic E-state index is 5.26. The molecule has 0 heterocycles. The van der Waals surface area contributed by atoms with Crippen LogP contribution in [0.1, 0.15) is 13.8 Å².